The highest BCUT2D eigenvalue weighted by Gasteiger charge is 2.46. The van der Waals surface area contributed by atoms with Crippen LogP contribution >= 0.6 is 0 Å². The summed E-state index contributed by atoms with van der Waals surface area (Å²) in [6.07, 6.45) is 4.28. The summed E-state index contributed by atoms with van der Waals surface area (Å²) >= 11 is 0. The molecule has 10 rings (SSSR count). The first kappa shape index (κ1) is 28.3. The van der Waals surface area contributed by atoms with Gasteiger partial charge in [0.25, 0.3) is 0 Å². The van der Waals surface area contributed by atoms with Crippen LogP contribution in [-0.4, -0.2) is 19.9 Å². The predicted octanol–water partition coefficient (Wildman–Crippen LogP) is 10.9. The number of hydrogen-bond donors (Lipinski definition) is 0. The third-order valence-corrected chi connectivity index (χ3v) is 11.2. The molecule has 0 saturated heterocycles. The zero-order valence-corrected chi connectivity index (χ0v) is 27.6. The van der Waals surface area contributed by atoms with E-state index in [0.717, 1.165) is 16.8 Å². The van der Waals surface area contributed by atoms with Gasteiger partial charge < -0.3 is 0 Å². The van der Waals surface area contributed by atoms with Gasteiger partial charge in [-0.25, -0.2) is 15.0 Å². The van der Waals surface area contributed by atoms with Crippen molar-refractivity contribution < 1.29 is 0 Å². The molecular formula is C45H34N4. The smallest absolute Gasteiger partial charge is 0.182 e. The second-order valence-corrected chi connectivity index (χ2v) is 14.2. The van der Waals surface area contributed by atoms with Gasteiger partial charge >= 0.3 is 0 Å². The summed E-state index contributed by atoms with van der Waals surface area (Å²) in [6.45, 7) is 4.85. The van der Waals surface area contributed by atoms with E-state index in [1.807, 2.05) is 48.5 Å². The van der Waals surface area contributed by atoms with Gasteiger partial charge in [0.05, 0.1) is 0 Å². The fourth-order valence-corrected chi connectivity index (χ4v) is 8.69. The van der Waals surface area contributed by atoms with Crippen molar-refractivity contribution >= 4 is 0 Å². The van der Waals surface area contributed by atoms with E-state index in [4.69, 9.17) is 15.0 Å². The number of aromatic nitrogens is 4. The van der Waals surface area contributed by atoms with Crippen molar-refractivity contribution in [2.75, 3.05) is 0 Å². The molecule has 3 aliphatic carbocycles. The van der Waals surface area contributed by atoms with E-state index >= 15 is 0 Å². The van der Waals surface area contributed by atoms with Gasteiger partial charge in [0.2, 0.25) is 0 Å². The third-order valence-electron chi connectivity index (χ3n) is 11.2. The number of nitrogens with zero attached hydrogens (tertiary/aromatic N) is 4. The Morgan fingerprint density at radius 2 is 1.14 bits per heavy atom. The largest absolute Gasteiger partial charge is 0.253 e. The molecule has 4 heteroatoms. The van der Waals surface area contributed by atoms with Crippen LogP contribution in [0.4, 0.5) is 0 Å². The topological polar surface area (TPSA) is 51.6 Å². The average Bonchev–Trinajstić information content (AvgIpc) is 3.38. The molecule has 49 heavy (non-hydrogen) atoms. The predicted molar refractivity (Wildman–Crippen MR) is 197 cm³/mol. The van der Waals surface area contributed by atoms with Crippen LogP contribution in [-0.2, 0) is 5.41 Å². The molecule has 1 fully saturated rings. The van der Waals surface area contributed by atoms with Crippen LogP contribution in [0, 0.1) is 0 Å². The molecule has 2 atom stereocenters. The first-order valence-corrected chi connectivity index (χ1v) is 17.3. The lowest BCUT2D eigenvalue weighted by atomic mass is 9.58. The molecular weight excluding hydrogens is 597 g/mol. The fourth-order valence-electron chi connectivity index (χ4n) is 8.69. The molecule has 0 N–H and O–H groups in total. The molecule has 2 heterocycles. The Morgan fingerprint density at radius 1 is 0.510 bits per heavy atom. The van der Waals surface area contributed by atoms with E-state index in [9.17, 15) is 0 Å². The standard InChI is InChI=1S/C45H34N4/c1-45(2)38-13-7-6-12-33(38)36-24-23-35-31-20-19-30(26-37(31)32-21-22-34(32)40(35)41(36)45)27-15-17-29(18-16-27)43-47-42(28-10-4-3-5-11-28)48-44(49-43)39-14-8-9-25-46-39/h3-20,23-26,32,34H,21-22H2,1-2H3. The van der Waals surface area contributed by atoms with E-state index in [2.05, 4.69) is 97.7 Å². The molecule has 2 unspecified atom stereocenters. The van der Waals surface area contributed by atoms with Crippen molar-refractivity contribution in [3.63, 3.8) is 0 Å². The van der Waals surface area contributed by atoms with Crippen LogP contribution in [0.2, 0.25) is 0 Å². The first-order chi connectivity index (χ1) is 24.0. The van der Waals surface area contributed by atoms with Gasteiger partial charge in [0.1, 0.15) is 5.69 Å². The summed E-state index contributed by atoms with van der Waals surface area (Å²) in [4.78, 5) is 19.1. The normalized spacial score (nSPS) is 17.6. The summed E-state index contributed by atoms with van der Waals surface area (Å²) in [5.74, 6) is 2.99. The van der Waals surface area contributed by atoms with Gasteiger partial charge in [0, 0.05) is 22.7 Å². The maximum absolute atomic E-state index is 4.90. The lowest BCUT2D eigenvalue weighted by Gasteiger charge is -2.46. The number of rotatable bonds is 4. The number of benzene rings is 5. The molecule has 0 radical (unpaired) electrons. The molecule has 7 aromatic rings. The molecule has 0 bridgehead atoms. The van der Waals surface area contributed by atoms with Crippen molar-refractivity contribution in [1.82, 2.24) is 19.9 Å². The Kier molecular flexibility index (Phi) is 6.14. The highest BCUT2D eigenvalue weighted by molar-refractivity contribution is 5.89. The molecule has 3 aliphatic rings. The molecule has 234 valence electrons. The van der Waals surface area contributed by atoms with Crippen molar-refractivity contribution in [1.29, 1.82) is 0 Å². The van der Waals surface area contributed by atoms with Crippen molar-refractivity contribution in [2.45, 2.75) is 43.9 Å². The Bertz CT molecular complexity index is 2360. The minimum absolute atomic E-state index is 0.00929. The zero-order chi connectivity index (χ0) is 32.7. The Labute approximate surface area is 286 Å². The lowest BCUT2D eigenvalue weighted by Crippen LogP contribution is -2.30. The average molecular weight is 631 g/mol. The highest BCUT2D eigenvalue weighted by atomic mass is 15.0. The quantitative estimate of drug-likeness (QED) is 0.194. The Balaban J connectivity index is 1.03. The van der Waals surface area contributed by atoms with Crippen LogP contribution in [0.3, 0.4) is 0 Å². The second kappa shape index (κ2) is 10.6. The van der Waals surface area contributed by atoms with E-state index in [-0.39, 0.29) is 5.41 Å². The summed E-state index contributed by atoms with van der Waals surface area (Å²) in [7, 11) is 0. The molecule has 1 saturated carbocycles. The maximum atomic E-state index is 4.90. The minimum atomic E-state index is 0.00929. The fraction of sp³-hybridized carbons (Fsp3) is 0.156. The van der Waals surface area contributed by atoms with Crippen LogP contribution < -0.4 is 0 Å². The van der Waals surface area contributed by atoms with E-state index < -0.39 is 0 Å². The van der Waals surface area contributed by atoms with Gasteiger partial charge in [-0.2, -0.15) is 0 Å². The summed E-state index contributed by atoms with van der Waals surface area (Å²) in [6, 6.07) is 45.5. The van der Waals surface area contributed by atoms with Crippen molar-refractivity contribution in [3.05, 3.63) is 156 Å². The van der Waals surface area contributed by atoms with Crippen LogP contribution in [0.15, 0.2) is 134 Å². The third kappa shape index (κ3) is 4.30. The highest BCUT2D eigenvalue weighted by Crippen LogP contribution is 2.63. The van der Waals surface area contributed by atoms with Gasteiger partial charge in [-0.3, -0.25) is 4.98 Å². The van der Waals surface area contributed by atoms with E-state index in [0.29, 0.717) is 29.3 Å². The number of pyridine rings is 1. The van der Waals surface area contributed by atoms with Gasteiger partial charge in [0.15, 0.2) is 17.5 Å². The molecule has 0 amide bonds. The maximum Gasteiger partial charge on any atom is 0.182 e. The summed E-state index contributed by atoms with van der Waals surface area (Å²) < 4.78 is 0. The molecule has 0 aliphatic heterocycles. The van der Waals surface area contributed by atoms with Gasteiger partial charge in [-0.15, -0.1) is 0 Å². The van der Waals surface area contributed by atoms with Gasteiger partial charge in [-0.05, 0) is 92.4 Å². The first-order valence-electron chi connectivity index (χ1n) is 17.3. The summed E-state index contributed by atoms with van der Waals surface area (Å²) in [5, 5.41) is 0. The van der Waals surface area contributed by atoms with Crippen molar-refractivity contribution in [2.24, 2.45) is 0 Å². The lowest BCUT2D eigenvalue weighted by molar-refractivity contribution is 0.339. The molecule has 5 aromatic carbocycles. The van der Waals surface area contributed by atoms with Gasteiger partial charge in [-0.1, -0.05) is 129 Å². The zero-order valence-electron chi connectivity index (χ0n) is 27.6. The Hall–Kier alpha value is -5.74. The minimum Gasteiger partial charge on any atom is -0.253 e. The SMILES string of the molecule is CC1(C)c2ccccc2-c2ccc3c(c21)C1CCC1c1cc(-c2ccc(-c4nc(-c5ccccc5)nc(-c5ccccn5)n4)cc2)ccc1-3. The van der Waals surface area contributed by atoms with Crippen LogP contribution in [0.5, 0.6) is 0 Å². The molecule has 0 spiro atoms. The van der Waals surface area contributed by atoms with Crippen LogP contribution in [0.25, 0.3) is 67.7 Å². The molecule has 4 nitrogen and oxygen atoms in total. The molecule has 2 aromatic heterocycles. The summed E-state index contributed by atoms with van der Waals surface area (Å²) in [5.41, 5.74) is 16.9. The Morgan fingerprint density at radius 3 is 1.90 bits per heavy atom. The van der Waals surface area contributed by atoms with E-state index in [1.54, 1.807) is 17.3 Å². The number of hydrogen-bond acceptors (Lipinski definition) is 4. The van der Waals surface area contributed by atoms with Crippen molar-refractivity contribution in [3.8, 4) is 67.7 Å². The van der Waals surface area contributed by atoms with Crippen LogP contribution in [0.1, 0.15) is 60.8 Å². The monoisotopic (exact) mass is 630 g/mol. The number of fused-ring (bicyclic) bond motifs is 10. The second-order valence-electron chi connectivity index (χ2n) is 14.2. The van der Waals surface area contributed by atoms with E-state index in [1.165, 1.54) is 57.3 Å².